The summed E-state index contributed by atoms with van der Waals surface area (Å²) in [5.74, 6) is -0.269. The third kappa shape index (κ3) is 3.79. The lowest BCUT2D eigenvalue weighted by Gasteiger charge is -2.18. The van der Waals surface area contributed by atoms with Crippen LogP contribution in [0.25, 0.3) is 0 Å². The molecule has 0 amide bonds. The SMILES string of the molecule is CC(I)(CN)C(=O)OCc1ccccc1. The van der Waals surface area contributed by atoms with Crippen LogP contribution in [0, 0.1) is 0 Å². The quantitative estimate of drug-likeness (QED) is 0.524. The first-order valence-electron chi connectivity index (χ1n) is 4.66. The first kappa shape index (κ1) is 12.4. The number of ether oxygens (including phenoxy) is 1. The Balaban J connectivity index is 2.48. The second-order valence-corrected chi connectivity index (χ2v) is 5.84. The van der Waals surface area contributed by atoms with Gasteiger partial charge in [0.05, 0.1) is 0 Å². The van der Waals surface area contributed by atoms with Crippen LogP contribution < -0.4 is 5.73 Å². The molecule has 0 aliphatic heterocycles. The van der Waals surface area contributed by atoms with Crippen molar-refractivity contribution in [2.75, 3.05) is 6.54 Å². The molecule has 0 saturated heterocycles. The molecule has 1 aromatic carbocycles. The lowest BCUT2D eigenvalue weighted by atomic mass is 10.2. The second-order valence-electron chi connectivity index (χ2n) is 3.46. The van der Waals surface area contributed by atoms with E-state index in [0.717, 1.165) is 5.56 Å². The molecule has 82 valence electrons. The van der Waals surface area contributed by atoms with Gasteiger partial charge in [-0.3, -0.25) is 4.79 Å². The Kier molecular flexibility index (Phi) is 4.53. The Hall–Kier alpha value is -0.620. The summed E-state index contributed by atoms with van der Waals surface area (Å²) >= 11 is 2.01. The number of hydrogen-bond donors (Lipinski definition) is 1. The Morgan fingerprint density at radius 2 is 2.07 bits per heavy atom. The Labute approximate surface area is 103 Å². The third-order valence-electron chi connectivity index (χ3n) is 2.02. The molecule has 1 atom stereocenters. The molecule has 0 heterocycles. The zero-order valence-electron chi connectivity index (χ0n) is 8.57. The molecule has 0 aromatic heterocycles. The fourth-order valence-electron chi connectivity index (χ4n) is 0.957. The van der Waals surface area contributed by atoms with Crippen molar-refractivity contribution in [3.05, 3.63) is 35.9 Å². The molecule has 0 aliphatic carbocycles. The average Bonchev–Trinajstić information content (AvgIpc) is 2.27. The number of benzene rings is 1. The molecule has 3 nitrogen and oxygen atoms in total. The van der Waals surface area contributed by atoms with Crippen LogP contribution in [0.4, 0.5) is 0 Å². The van der Waals surface area contributed by atoms with E-state index in [1.807, 2.05) is 52.9 Å². The van der Waals surface area contributed by atoms with Gasteiger partial charge in [-0.25, -0.2) is 0 Å². The van der Waals surface area contributed by atoms with Crippen LogP contribution in [0.2, 0.25) is 0 Å². The fourth-order valence-corrected chi connectivity index (χ4v) is 1.11. The van der Waals surface area contributed by atoms with Gasteiger partial charge >= 0.3 is 5.97 Å². The highest BCUT2D eigenvalue weighted by atomic mass is 127. The summed E-state index contributed by atoms with van der Waals surface area (Å²) in [6.07, 6.45) is 0. The molecule has 0 radical (unpaired) electrons. The lowest BCUT2D eigenvalue weighted by molar-refractivity contribution is -0.146. The highest BCUT2D eigenvalue weighted by Crippen LogP contribution is 2.18. The molecule has 0 aliphatic rings. The fraction of sp³-hybridized carbons (Fsp3) is 0.364. The topological polar surface area (TPSA) is 52.3 Å². The number of rotatable bonds is 4. The summed E-state index contributed by atoms with van der Waals surface area (Å²) in [6.45, 7) is 2.35. The smallest absolute Gasteiger partial charge is 0.323 e. The van der Waals surface area contributed by atoms with Crippen molar-refractivity contribution in [1.29, 1.82) is 0 Å². The number of halogens is 1. The van der Waals surface area contributed by atoms with Gasteiger partial charge in [-0.1, -0.05) is 52.9 Å². The van der Waals surface area contributed by atoms with E-state index in [0.29, 0.717) is 6.61 Å². The third-order valence-corrected chi connectivity index (χ3v) is 2.90. The summed E-state index contributed by atoms with van der Waals surface area (Å²) in [5, 5.41) is 0. The summed E-state index contributed by atoms with van der Waals surface area (Å²) < 4.78 is 4.52. The number of esters is 1. The molecule has 4 heteroatoms. The van der Waals surface area contributed by atoms with Crippen molar-refractivity contribution in [3.8, 4) is 0 Å². The van der Waals surface area contributed by atoms with Crippen LogP contribution >= 0.6 is 22.6 Å². The van der Waals surface area contributed by atoms with E-state index in [-0.39, 0.29) is 12.5 Å². The van der Waals surface area contributed by atoms with Gasteiger partial charge in [-0.05, 0) is 12.5 Å². The van der Waals surface area contributed by atoms with Gasteiger partial charge in [0.15, 0.2) is 0 Å². The predicted molar refractivity (Wildman–Crippen MR) is 67.7 cm³/mol. The average molecular weight is 319 g/mol. The summed E-state index contributed by atoms with van der Waals surface area (Å²) in [4.78, 5) is 11.6. The van der Waals surface area contributed by atoms with Crippen molar-refractivity contribution in [1.82, 2.24) is 0 Å². The van der Waals surface area contributed by atoms with Crippen molar-refractivity contribution >= 4 is 28.6 Å². The maximum Gasteiger partial charge on any atom is 0.323 e. The Bertz CT molecular complexity index is 325. The molecule has 0 saturated carbocycles. The van der Waals surface area contributed by atoms with Crippen molar-refractivity contribution in [2.24, 2.45) is 5.73 Å². The van der Waals surface area contributed by atoms with Crippen LogP contribution in [0.3, 0.4) is 0 Å². The van der Waals surface area contributed by atoms with Crippen molar-refractivity contribution in [2.45, 2.75) is 17.0 Å². The first-order valence-corrected chi connectivity index (χ1v) is 5.74. The molecule has 15 heavy (non-hydrogen) atoms. The van der Waals surface area contributed by atoms with E-state index < -0.39 is 3.42 Å². The van der Waals surface area contributed by atoms with E-state index in [2.05, 4.69) is 0 Å². The predicted octanol–water partition coefficient (Wildman–Crippen LogP) is 1.88. The Morgan fingerprint density at radius 1 is 1.47 bits per heavy atom. The van der Waals surface area contributed by atoms with E-state index in [1.54, 1.807) is 6.92 Å². The molecule has 0 bridgehead atoms. The second kappa shape index (κ2) is 5.46. The molecule has 1 rings (SSSR count). The highest BCUT2D eigenvalue weighted by Gasteiger charge is 2.29. The number of alkyl halides is 1. The summed E-state index contributed by atoms with van der Waals surface area (Å²) in [6, 6.07) is 9.58. The molecular formula is C11H14INO2. The number of hydrogen-bond acceptors (Lipinski definition) is 3. The highest BCUT2D eigenvalue weighted by molar-refractivity contribution is 14.1. The largest absolute Gasteiger partial charge is 0.460 e. The lowest BCUT2D eigenvalue weighted by Crippen LogP contribution is -2.37. The minimum absolute atomic E-state index is 0.269. The number of carbonyl (C=O) groups is 1. The van der Waals surface area contributed by atoms with Gasteiger partial charge < -0.3 is 10.5 Å². The molecule has 0 spiro atoms. The number of carbonyl (C=O) groups excluding carboxylic acids is 1. The minimum Gasteiger partial charge on any atom is -0.460 e. The Morgan fingerprint density at radius 3 is 2.60 bits per heavy atom. The van der Waals surface area contributed by atoms with Gasteiger partial charge in [0.1, 0.15) is 10.0 Å². The maximum absolute atomic E-state index is 11.6. The van der Waals surface area contributed by atoms with Crippen LogP contribution in [0.15, 0.2) is 30.3 Å². The molecule has 1 aromatic rings. The molecular weight excluding hydrogens is 305 g/mol. The summed E-state index contributed by atoms with van der Waals surface area (Å²) in [5.41, 5.74) is 6.45. The van der Waals surface area contributed by atoms with Gasteiger partial charge in [0.25, 0.3) is 0 Å². The van der Waals surface area contributed by atoms with Gasteiger partial charge in [0.2, 0.25) is 0 Å². The molecule has 2 N–H and O–H groups in total. The van der Waals surface area contributed by atoms with Crippen LogP contribution in [-0.4, -0.2) is 15.9 Å². The van der Waals surface area contributed by atoms with Crippen LogP contribution in [0.5, 0.6) is 0 Å². The normalized spacial score (nSPS) is 14.3. The van der Waals surface area contributed by atoms with Crippen LogP contribution in [0.1, 0.15) is 12.5 Å². The van der Waals surface area contributed by atoms with E-state index >= 15 is 0 Å². The van der Waals surface area contributed by atoms with Crippen LogP contribution in [-0.2, 0) is 16.1 Å². The zero-order chi connectivity index (χ0) is 11.3. The first-order chi connectivity index (χ1) is 7.06. The molecule has 0 fully saturated rings. The van der Waals surface area contributed by atoms with E-state index in [9.17, 15) is 4.79 Å². The number of nitrogens with two attached hydrogens (primary N) is 1. The van der Waals surface area contributed by atoms with Gasteiger partial charge in [-0.15, -0.1) is 0 Å². The van der Waals surface area contributed by atoms with Crippen molar-refractivity contribution < 1.29 is 9.53 Å². The van der Waals surface area contributed by atoms with E-state index in [1.165, 1.54) is 0 Å². The van der Waals surface area contributed by atoms with Gasteiger partial charge in [0, 0.05) is 6.54 Å². The molecule has 1 unspecified atom stereocenters. The minimum atomic E-state index is -0.632. The summed E-state index contributed by atoms with van der Waals surface area (Å²) in [7, 11) is 0. The maximum atomic E-state index is 11.6. The van der Waals surface area contributed by atoms with Crippen molar-refractivity contribution in [3.63, 3.8) is 0 Å². The monoisotopic (exact) mass is 319 g/mol. The standard InChI is InChI=1S/C11H14INO2/c1-11(12,8-13)10(14)15-7-9-5-3-2-4-6-9/h2-6H,7-8,13H2,1H3. The van der Waals surface area contributed by atoms with E-state index in [4.69, 9.17) is 10.5 Å². The zero-order valence-corrected chi connectivity index (χ0v) is 10.7. The van der Waals surface area contributed by atoms with Gasteiger partial charge in [-0.2, -0.15) is 0 Å².